The van der Waals surface area contributed by atoms with Gasteiger partial charge in [0.05, 0.1) is 29.5 Å². The highest BCUT2D eigenvalue weighted by atomic mass is 32.2. The van der Waals surface area contributed by atoms with Gasteiger partial charge in [-0.25, -0.2) is 0 Å². The van der Waals surface area contributed by atoms with E-state index in [2.05, 4.69) is 29.4 Å². The Hall–Kier alpha value is -3.04. The topological polar surface area (TPSA) is 101 Å². The lowest BCUT2D eigenvalue weighted by atomic mass is 10.0. The molecule has 0 radical (unpaired) electrons. The zero-order valence-electron chi connectivity index (χ0n) is 16.6. The van der Waals surface area contributed by atoms with E-state index in [9.17, 15) is 14.7 Å². The smallest absolute Gasteiger partial charge is 0.261 e. The molecule has 1 atom stereocenters. The van der Waals surface area contributed by atoms with Crippen LogP contribution in [-0.2, 0) is 0 Å². The number of β-amino-alcohol motifs (C(OH)–C–C–N with tert-alkyl or cyclic N) is 1. The van der Waals surface area contributed by atoms with Crippen LogP contribution in [0.3, 0.4) is 0 Å². The molecule has 8 nitrogen and oxygen atoms in total. The second-order valence-electron chi connectivity index (χ2n) is 7.35. The van der Waals surface area contributed by atoms with Gasteiger partial charge in [-0.2, -0.15) is 4.68 Å². The van der Waals surface area contributed by atoms with Gasteiger partial charge in [0.25, 0.3) is 11.8 Å². The number of aliphatic hydroxyl groups excluding tert-OH is 1. The molecule has 2 heterocycles. The summed E-state index contributed by atoms with van der Waals surface area (Å²) in [7, 11) is 0. The molecule has 0 bridgehead atoms. The third-order valence-corrected chi connectivity index (χ3v) is 5.99. The average Bonchev–Trinajstić information content (AvgIpc) is 3.32. The van der Waals surface area contributed by atoms with Gasteiger partial charge < -0.3 is 5.11 Å². The normalized spacial score (nSPS) is 14.5. The number of aromatic nitrogens is 4. The summed E-state index contributed by atoms with van der Waals surface area (Å²) in [6, 6.07) is 14.6. The number of carbonyl (C=O) groups is 2. The van der Waals surface area contributed by atoms with Crippen molar-refractivity contribution >= 4 is 23.6 Å². The van der Waals surface area contributed by atoms with Crippen LogP contribution in [0.5, 0.6) is 0 Å². The maximum atomic E-state index is 12.4. The van der Waals surface area contributed by atoms with E-state index in [4.69, 9.17) is 0 Å². The Morgan fingerprint density at radius 2 is 1.63 bits per heavy atom. The van der Waals surface area contributed by atoms with Gasteiger partial charge in [0, 0.05) is 5.75 Å². The Morgan fingerprint density at radius 3 is 2.23 bits per heavy atom. The van der Waals surface area contributed by atoms with Crippen molar-refractivity contribution in [1.82, 2.24) is 25.1 Å². The van der Waals surface area contributed by atoms with Crippen LogP contribution < -0.4 is 0 Å². The molecule has 1 N–H and O–H groups in total. The van der Waals surface area contributed by atoms with Crippen LogP contribution in [0.1, 0.15) is 46.0 Å². The standard InChI is InChI=1S/C21H21N5O3S/c1-13(2)14-7-9-15(10-8-14)26-21(22-23-24-26)30-12-16(27)11-25-19(28)17-5-3-4-6-18(17)20(25)29/h3-10,13,16,27H,11-12H2,1-2H3/t16-/m1/s1. The van der Waals surface area contributed by atoms with E-state index in [1.807, 2.05) is 24.3 Å². The lowest BCUT2D eigenvalue weighted by Gasteiger charge is -2.18. The summed E-state index contributed by atoms with van der Waals surface area (Å²) in [5, 5.41) is 22.7. The number of hydrogen-bond acceptors (Lipinski definition) is 7. The Morgan fingerprint density at radius 1 is 1.00 bits per heavy atom. The number of imide groups is 1. The number of aliphatic hydroxyl groups is 1. The van der Waals surface area contributed by atoms with Crippen LogP contribution in [0.2, 0.25) is 0 Å². The van der Waals surface area contributed by atoms with E-state index >= 15 is 0 Å². The van der Waals surface area contributed by atoms with Crippen molar-refractivity contribution in [3.05, 3.63) is 65.2 Å². The molecule has 0 aliphatic carbocycles. The highest BCUT2D eigenvalue weighted by molar-refractivity contribution is 7.99. The Labute approximate surface area is 177 Å². The van der Waals surface area contributed by atoms with Crippen LogP contribution in [0.25, 0.3) is 5.69 Å². The molecule has 1 aliphatic heterocycles. The van der Waals surface area contributed by atoms with Gasteiger partial charge in [0.1, 0.15) is 0 Å². The highest BCUT2D eigenvalue weighted by Gasteiger charge is 2.36. The van der Waals surface area contributed by atoms with Crippen molar-refractivity contribution in [2.45, 2.75) is 31.0 Å². The summed E-state index contributed by atoms with van der Waals surface area (Å²) in [6.07, 6.45) is -0.911. The van der Waals surface area contributed by atoms with Crippen molar-refractivity contribution < 1.29 is 14.7 Å². The number of tetrazole rings is 1. The first-order chi connectivity index (χ1) is 14.5. The van der Waals surface area contributed by atoms with Gasteiger partial charge in [0.2, 0.25) is 5.16 Å². The van der Waals surface area contributed by atoms with Gasteiger partial charge in [-0.15, -0.1) is 5.10 Å². The lowest BCUT2D eigenvalue weighted by molar-refractivity contribution is 0.0567. The van der Waals surface area contributed by atoms with Gasteiger partial charge in [0.15, 0.2) is 0 Å². The molecule has 1 aromatic heterocycles. The van der Waals surface area contributed by atoms with Crippen LogP contribution in [0.15, 0.2) is 53.7 Å². The van der Waals surface area contributed by atoms with E-state index < -0.39 is 6.10 Å². The minimum Gasteiger partial charge on any atom is -0.390 e. The molecule has 4 rings (SSSR count). The first-order valence-corrected chi connectivity index (χ1v) is 10.6. The second kappa shape index (κ2) is 8.37. The number of hydrogen-bond donors (Lipinski definition) is 1. The molecular weight excluding hydrogens is 402 g/mol. The number of carbonyl (C=O) groups excluding carboxylic acids is 2. The highest BCUT2D eigenvalue weighted by Crippen LogP contribution is 2.24. The summed E-state index contributed by atoms with van der Waals surface area (Å²) in [6.45, 7) is 4.18. The first-order valence-electron chi connectivity index (χ1n) is 9.60. The van der Waals surface area contributed by atoms with Crippen LogP contribution in [0.4, 0.5) is 0 Å². The maximum Gasteiger partial charge on any atom is 0.261 e. The maximum absolute atomic E-state index is 12.4. The van der Waals surface area contributed by atoms with E-state index in [0.717, 1.165) is 10.6 Å². The Kier molecular flexibility index (Phi) is 5.65. The number of rotatable bonds is 7. The molecule has 0 unspecified atom stereocenters. The minimum atomic E-state index is -0.911. The third-order valence-electron chi connectivity index (χ3n) is 4.92. The molecule has 30 heavy (non-hydrogen) atoms. The van der Waals surface area contributed by atoms with Gasteiger partial charge >= 0.3 is 0 Å². The number of thioether (sulfide) groups is 1. The molecule has 2 aromatic carbocycles. The van der Waals surface area contributed by atoms with Crippen molar-refractivity contribution in [2.75, 3.05) is 12.3 Å². The molecule has 0 spiro atoms. The first kappa shape index (κ1) is 20.2. The quantitative estimate of drug-likeness (QED) is 0.460. The van der Waals surface area contributed by atoms with Crippen molar-refractivity contribution in [3.63, 3.8) is 0 Å². The zero-order chi connectivity index (χ0) is 21.3. The molecule has 154 valence electrons. The summed E-state index contributed by atoms with van der Waals surface area (Å²) < 4.78 is 1.60. The largest absolute Gasteiger partial charge is 0.390 e. The van der Waals surface area contributed by atoms with Crippen LogP contribution in [-0.4, -0.2) is 60.4 Å². The fourth-order valence-electron chi connectivity index (χ4n) is 3.27. The van der Waals surface area contributed by atoms with Gasteiger partial charge in [-0.05, 0) is 46.2 Å². The number of amides is 2. The van der Waals surface area contributed by atoms with Crippen LogP contribution in [0, 0.1) is 0 Å². The van der Waals surface area contributed by atoms with Crippen molar-refractivity contribution in [1.29, 1.82) is 0 Å². The fraction of sp³-hybridized carbons (Fsp3) is 0.286. The summed E-state index contributed by atoms with van der Waals surface area (Å²) >= 11 is 1.26. The fourth-order valence-corrected chi connectivity index (χ4v) is 4.08. The van der Waals surface area contributed by atoms with Crippen molar-refractivity contribution in [2.24, 2.45) is 0 Å². The van der Waals surface area contributed by atoms with E-state index in [-0.39, 0.29) is 24.1 Å². The molecule has 9 heteroatoms. The third kappa shape index (κ3) is 3.86. The van der Waals surface area contributed by atoms with Crippen LogP contribution >= 0.6 is 11.8 Å². The summed E-state index contributed by atoms with van der Waals surface area (Å²) in [5.74, 6) is -0.0961. The number of benzene rings is 2. The van der Waals surface area contributed by atoms with Gasteiger partial charge in [-0.3, -0.25) is 14.5 Å². The summed E-state index contributed by atoms with van der Waals surface area (Å²) in [4.78, 5) is 26.0. The SMILES string of the molecule is CC(C)c1ccc(-n2nnnc2SC[C@H](O)CN2C(=O)c3ccccc3C2=O)cc1. The minimum absolute atomic E-state index is 0.0794. The molecule has 0 saturated carbocycles. The van der Waals surface area contributed by atoms with E-state index in [1.165, 1.54) is 17.3 Å². The average molecular weight is 423 g/mol. The molecule has 2 amide bonds. The predicted molar refractivity (Wildman–Crippen MR) is 112 cm³/mol. The Balaban J connectivity index is 1.40. The summed E-state index contributed by atoms with van der Waals surface area (Å²) in [5.41, 5.74) is 2.78. The predicted octanol–water partition coefficient (Wildman–Crippen LogP) is 2.53. The molecule has 3 aromatic rings. The zero-order valence-corrected chi connectivity index (χ0v) is 17.4. The van der Waals surface area contributed by atoms with Gasteiger partial charge in [-0.1, -0.05) is 49.9 Å². The molecular formula is C21H21N5O3S. The molecule has 1 aliphatic rings. The second-order valence-corrected chi connectivity index (χ2v) is 8.34. The van der Waals surface area contributed by atoms with Crippen molar-refractivity contribution in [3.8, 4) is 5.69 Å². The monoisotopic (exact) mass is 423 g/mol. The molecule has 0 fully saturated rings. The van der Waals surface area contributed by atoms with E-state index in [1.54, 1.807) is 28.9 Å². The number of nitrogens with zero attached hydrogens (tertiary/aromatic N) is 5. The molecule has 0 saturated heterocycles. The Bertz CT molecular complexity index is 1050. The number of fused-ring (bicyclic) bond motifs is 1. The van der Waals surface area contributed by atoms with E-state index in [0.29, 0.717) is 22.2 Å². The lowest BCUT2D eigenvalue weighted by Crippen LogP contribution is -2.37.